The van der Waals surface area contributed by atoms with Crippen LogP contribution in [-0.4, -0.2) is 0 Å². The molecule has 0 aromatic heterocycles. The maximum Gasteiger partial charge on any atom is 0.0211 e. The third kappa shape index (κ3) is 8.62. The standard InChI is InChI=1S/C18H14.C14H9.C13H9.C10H8/c1-3-7-15(8-4-1)17-11-13-18(14-12-17)16-9-5-2-6-10-16;1-2-6-12-10-14-8-4-3-7-13(14)9-11(12)5-1;1-3-7-12-10(5-1)9-11-6-2-4-8-13(11)12;1-2-6-10-8-4-3-7-9(10)5-1/h1-14H;1-9H;1-9H;1-8H. The van der Waals surface area contributed by atoms with E-state index in [4.69, 9.17) is 0 Å². The number of hydrogen-bond donors (Lipinski definition) is 0. The summed E-state index contributed by atoms with van der Waals surface area (Å²) < 4.78 is 0. The van der Waals surface area contributed by atoms with Crippen LogP contribution in [0.25, 0.3) is 65.7 Å². The third-order valence-corrected chi connectivity index (χ3v) is 9.78. The van der Waals surface area contributed by atoms with Crippen LogP contribution in [0.3, 0.4) is 0 Å². The number of rotatable bonds is 2. The molecule has 0 heteroatoms. The molecule has 55 heavy (non-hydrogen) atoms. The Morgan fingerprint density at radius 2 is 0.545 bits per heavy atom. The van der Waals surface area contributed by atoms with E-state index in [1.807, 2.05) is 24.3 Å². The van der Waals surface area contributed by atoms with Gasteiger partial charge in [0.2, 0.25) is 0 Å². The molecule has 0 atom stereocenters. The van der Waals surface area contributed by atoms with Gasteiger partial charge in [0, 0.05) is 6.42 Å². The fourth-order valence-corrected chi connectivity index (χ4v) is 6.94. The van der Waals surface area contributed by atoms with Crippen molar-refractivity contribution in [2.45, 2.75) is 0 Å². The van der Waals surface area contributed by atoms with Crippen LogP contribution in [0.5, 0.6) is 0 Å². The first-order valence-corrected chi connectivity index (χ1v) is 18.8. The second-order valence-corrected chi connectivity index (χ2v) is 13.4. The average Bonchev–Trinajstić information content (AvgIpc) is 3.66. The lowest BCUT2D eigenvalue weighted by Crippen LogP contribution is -1.79. The zero-order valence-corrected chi connectivity index (χ0v) is 30.6. The molecule has 0 saturated carbocycles. The van der Waals surface area contributed by atoms with Gasteiger partial charge in [-0.3, -0.25) is 0 Å². The molecule has 0 amide bonds. The van der Waals surface area contributed by atoms with Gasteiger partial charge in [-0.25, -0.2) is 0 Å². The molecule has 11 rings (SSSR count). The van der Waals surface area contributed by atoms with Crippen molar-refractivity contribution in [3.63, 3.8) is 0 Å². The molecule has 10 aromatic carbocycles. The van der Waals surface area contributed by atoms with E-state index in [1.165, 1.54) is 76.8 Å². The van der Waals surface area contributed by atoms with Gasteiger partial charge >= 0.3 is 0 Å². The molecule has 0 aliphatic heterocycles. The minimum Gasteiger partial charge on any atom is -0.0622 e. The van der Waals surface area contributed by atoms with Crippen LogP contribution < -0.4 is 0 Å². The van der Waals surface area contributed by atoms with E-state index in [-0.39, 0.29) is 0 Å². The fourth-order valence-electron chi connectivity index (χ4n) is 6.94. The highest BCUT2D eigenvalue weighted by molar-refractivity contribution is 5.97. The lowest BCUT2D eigenvalue weighted by atomic mass is 10.0. The Morgan fingerprint density at radius 1 is 0.236 bits per heavy atom. The van der Waals surface area contributed by atoms with Gasteiger partial charge in [-0.1, -0.05) is 231 Å². The topological polar surface area (TPSA) is 0 Å². The van der Waals surface area contributed by atoms with Gasteiger partial charge in [0.15, 0.2) is 0 Å². The molecule has 0 fully saturated rings. The van der Waals surface area contributed by atoms with E-state index >= 15 is 0 Å². The summed E-state index contributed by atoms with van der Waals surface area (Å²) in [4.78, 5) is 0. The van der Waals surface area contributed by atoms with E-state index < -0.39 is 0 Å². The summed E-state index contributed by atoms with van der Waals surface area (Å²) >= 11 is 0. The molecule has 0 saturated heterocycles. The Hall–Kier alpha value is -7.02. The van der Waals surface area contributed by atoms with Crippen molar-refractivity contribution in [3.8, 4) is 33.4 Å². The Kier molecular flexibility index (Phi) is 11.0. The first kappa shape index (κ1) is 35.0. The molecular weight excluding hydrogens is 661 g/mol. The van der Waals surface area contributed by atoms with Gasteiger partial charge in [-0.2, -0.15) is 0 Å². The van der Waals surface area contributed by atoms with E-state index in [9.17, 15) is 0 Å². The normalized spacial score (nSPS) is 10.8. The number of hydrogen-bond acceptors (Lipinski definition) is 0. The van der Waals surface area contributed by atoms with E-state index in [2.05, 4.69) is 225 Å². The van der Waals surface area contributed by atoms with E-state index in [0.717, 1.165) is 0 Å². The maximum absolute atomic E-state index is 3.41. The Balaban J connectivity index is 0.000000106. The monoisotopic (exact) mass is 700 g/mol. The van der Waals surface area contributed by atoms with Gasteiger partial charge in [0.25, 0.3) is 0 Å². The maximum atomic E-state index is 3.41. The molecule has 0 unspecified atom stereocenters. The van der Waals surface area contributed by atoms with Crippen molar-refractivity contribution in [1.29, 1.82) is 0 Å². The van der Waals surface area contributed by atoms with Crippen molar-refractivity contribution in [3.05, 3.63) is 260 Å². The molecule has 0 nitrogen and oxygen atoms in total. The smallest absolute Gasteiger partial charge is 0.0211 e. The largest absolute Gasteiger partial charge is 0.0622 e. The molecule has 2 radical (unpaired) electrons. The van der Waals surface area contributed by atoms with Crippen LogP contribution in [0.4, 0.5) is 0 Å². The SMILES string of the molecule is [CH]1c2ccccc2-c2ccccc21.[c]1c2ccccc2cc2ccccc12.c1ccc(-c2ccc(-c3ccccc3)cc2)cc1.c1ccc2ccccc2c1. The highest BCUT2D eigenvalue weighted by Gasteiger charge is 2.16. The molecule has 0 spiro atoms. The second-order valence-electron chi connectivity index (χ2n) is 13.4. The Labute approximate surface area is 324 Å². The number of fused-ring (bicyclic) bond motifs is 6. The van der Waals surface area contributed by atoms with E-state index in [0.29, 0.717) is 0 Å². The first-order valence-electron chi connectivity index (χ1n) is 18.8. The lowest BCUT2D eigenvalue weighted by Gasteiger charge is -2.04. The van der Waals surface area contributed by atoms with Crippen LogP contribution in [0.15, 0.2) is 237 Å². The molecule has 260 valence electrons. The van der Waals surface area contributed by atoms with Gasteiger partial charge in [-0.05, 0) is 89.0 Å². The second kappa shape index (κ2) is 17.2. The van der Waals surface area contributed by atoms with Crippen molar-refractivity contribution in [1.82, 2.24) is 0 Å². The Bertz CT molecular complexity index is 2490. The third-order valence-electron chi connectivity index (χ3n) is 9.78. The molecular formula is C55H40. The van der Waals surface area contributed by atoms with Crippen LogP contribution in [-0.2, 0) is 0 Å². The summed E-state index contributed by atoms with van der Waals surface area (Å²) in [5, 5.41) is 7.50. The van der Waals surface area contributed by atoms with Gasteiger partial charge < -0.3 is 0 Å². The highest BCUT2D eigenvalue weighted by atomic mass is 14.2. The van der Waals surface area contributed by atoms with Crippen LogP contribution in [0.1, 0.15) is 11.1 Å². The van der Waals surface area contributed by atoms with Gasteiger partial charge in [-0.15, -0.1) is 0 Å². The summed E-state index contributed by atoms with van der Waals surface area (Å²) in [5.41, 5.74) is 10.4. The zero-order valence-electron chi connectivity index (χ0n) is 30.6. The van der Waals surface area contributed by atoms with Gasteiger partial charge in [0.1, 0.15) is 0 Å². The first-order chi connectivity index (χ1) is 27.3. The molecule has 1 aliphatic carbocycles. The van der Waals surface area contributed by atoms with Crippen LogP contribution in [0.2, 0.25) is 0 Å². The van der Waals surface area contributed by atoms with Crippen molar-refractivity contribution in [2.75, 3.05) is 0 Å². The van der Waals surface area contributed by atoms with Crippen molar-refractivity contribution in [2.24, 2.45) is 0 Å². The summed E-state index contributed by atoms with van der Waals surface area (Å²) in [6.07, 6.45) is 2.24. The zero-order chi connectivity index (χ0) is 37.1. The molecule has 0 N–H and O–H groups in total. The predicted octanol–water partition coefficient (Wildman–Crippen LogP) is 14.9. The summed E-state index contributed by atoms with van der Waals surface area (Å²) in [5.74, 6) is 0. The van der Waals surface area contributed by atoms with E-state index in [1.54, 1.807) is 0 Å². The fraction of sp³-hybridized carbons (Fsp3) is 0. The number of benzene rings is 10. The molecule has 0 bridgehead atoms. The van der Waals surface area contributed by atoms with Crippen LogP contribution in [0, 0.1) is 12.5 Å². The summed E-state index contributed by atoms with van der Waals surface area (Å²) in [6.45, 7) is 0. The molecule has 1 aliphatic rings. The quantitative estimate of drug-likeness (QED) is 0.158. The van der Waals surface area contributed by atoms with Crippen LogP contribution >= 0.6 is 0 Å². The minimum absolute atomic E-state index is 1.19. The highest BCUT2D eigenvalue weighted by Crippen LogP contribution is 2.37. The summed E-state index contributed by atoms with van der Waals surface area (Å²) in [7, 11) is 0. The molecule has 0 heterocycles. The Morgan fingerprint density at radius 3 is 0.964 bits per heavy atom. The minimum atomic E-state index is 1.19. The average molecular weight is 701 g/mol. The van der Waals surface area contributed by atoms with Crippen molar-refractivity contribution >= 4 is 32.3 Å². The van der Waals surface area contributed by atoms with Gasteiger partial charge in [0.05, 0.1) is 0 Å². The summed E-state index contributed by atoms with van der Waals surface area (Å²) in [6, 6.07) is 85.7. The molecule has 10 aromatic rings. The van der Waals surface area contributed by atoms with Crippen molar-refractivity contribution < 1.29 is 0 Å². The lowest BCUT2D eigenvalue weighted by molar-refractivity contribution is 1.54. The predicted molar refractivity (Wildman–Crippen MR) is 236 cm³/mol.